The van der Waals surface area contributed by atoms with Crippen LogP contribution in [0.25, 0.3) is 10.9 Å². The molecule has 7 nitrogen and oxygen atoms in total. The number of rotatable bonds is 4. The highest BCUT2D eigenvalue weighted by molar-refractivity contribution is 5.88. The molecule has 0 saturated carbocycles. The number of ether oxygens (including phenoxy) is 1. The van der Waals surface area contributed by atoms with Crippen molar-refractivity contribution in [2.45, 2.75) is 38.8 Å². The average Bonchev–Trinajstić information content (AvgIpc) is 2.73. The maximum Gasteiger partial charge on any atom is 0.338 e. The zero-order valence-corrected chi connectivity index (χ0v) is 17.3. The highest BCUT2D eigenvalue weighted by atomic mass is 19.1. The molecule has 0 spiro atoms. The van der Waals surface area contributed by atoms with E-state index in [4.69, 9.17) is 9.84 Å². The number of carbonyl (C=O) groups is 1. The lowest BCUT2D eigenvalue weighted by atomic mass is 9.94. The Morgan fingerprint density at radius 2 is 2.06 bits per heavy atom. The van der Waals surface area contributed by atoms with Gasteiger partial charge in [-0.25, -0.2) is 14.2 Å². The lowest BCUT2D eigenvalue weighted by molar-refractivity contribution is -0.0395. The molecule has 3 aromatic rings. The molecular weight excluding hydrogens is 403 g/mol. The fraction of sp³-hybridized carbons (Fsp3) is 0.348. The quantitative estimate of drug-likeness (QED) is 0.665. The minimum absolute atomic E-state index is 0.172. The fourth-order valence-corrected chi connectivity index (χ4v) is 4.13. The van der Waals surface area contributed by atoms with Crippen LogP contribution in [0.5, 0.6) is 0 Å². The Hall–Kier alpha value is -3.10. The average molecular weight is 426 g/mol. The molecule has 2 aromatic carbocycles. The molecule has 162 valence electrons. The third kappa shape index (κ3) is 3.84. The van der Waals surface area contributed by atoms with Crippen LogP contribution in [0.1, 0.15) is 45.1 Å². The molecular formula is C23H23FN2O5. The number of aromatic nitrogens is 2. The minimum Gasteiger partial charge on any atom is -0.478 e. The van der Waals surface area contributed by atoms with Gasteiger partial charge < -0.3 is 14.9 Å². The molecule has 1 aromatic heterocycles. The van der Waals surface area contributed by atoms with Gasteiger partial charge in [-0.15, -0.1) is 0 Å². The van der Waals surface area contributed by atoms with Crippen molar-refractivity contribution in [1.82, 2.24) is 9.55 Å². The Kier molecular flexibility index (Phi) is 5.60. The number of nitrogens with zero attached hydrogens (tertiary/aromatic N) is 2. The number of hydrogen-bond acceptors (Lipinski definition) is 5. The molecule has 0 radical (unpaired) electrons. The summed E-state index contributed by atoms with van der Waals surface area (Å²) in [4.78, 5) is 28.8. The first-order valence-electron chi connectivity index (χ1n) is 10.1. The van der Waals surface area contributed by atoms with Crippen LogP contribution in [0.2, 0.25) is 0 Å². The molecule has 0 amide bonds. The van der Waals surface area contributed by atoms with E-state index in [2.05, 4.69) is 4.98 Å². The van der Waals surface area contributed by atoms with Gasteiger partial charge in [0.1, 0.15) is 5.82 Å². The van der Waals surface area contributed by atoms with Gasteiger partial charge in [0.2, 0.25) is 0 Å². The number of hydrogen-bond donors (Lipinski definition) is 2. The van der Waals surface area contributed by atoms with E-state index in [1.807, 2.05) is 13.8 Å². The Morgan fingerprint density at radius 1 is 1.29 bits per heavy atom. The summed E-state index contributed by atoms with van der Waals surface area (Å²) in [5, 5.41) is 19.7. The predicted molar refractivity (Wildman–Crippen MR) is 112 cm³/mol. The lowest BCUT2D eigenvalue weighted by Crippen LogP contribution is -2.39. The van der Waals surface area contributed by atoms with Gasteiger partial charge in [-0.3, -0.25) is 9.36 Å². The molecule has 0 aliphatic carbocycles. The van der Waals surface area contributed by atoms with E-state index in [9.17, 15) is 19.1 Å². The number of aliphatic hydroxyl groups excluding tert-OH is 1. The van der Waals surface area contributed by atoms with Gasteiger partial charge in [-0.05, 0) is 67.1 Å². The molecule has 1 fully saturated rings. The van der Waals surface area contributed by atoms with Crippen LogP contribution < -0.4 is 5.56 Å². The molecule has 2 N–H and O–H groups in total. The van der Waals surface area contributed by atoms with Crippen molar-refractivity contribution in [2.24, 2.45) is 0 Å². The number of aryl methyl sites for hydroxylation is 1. The van der Waals surface area contributed by atoms with Crippen LogP contribution in [0.15, 0.2) is 35.4 Å². The third-order valence-electron chi connectivity index (χ3n) is 6.06. The monoisotopic (exact) mass is 426 g/mol. The summed E-state index contributed by atoms with van der Waals surface area (Å²) in [5.41, 5.74) is 3.20. The molecule has 0 bridgehead atoms. The fourth-order valence-electron chi connectivity index (χ4n) is 4.13. The summed E-state index contributed by atoms with van der Waals surface area (Å²) in [6.45, 7) is 4.43. The van der Waals surface area contributed by atoms with E-state index in [-0.39, 0.29) is 17.7 Å². The van der Waals surface area contributed by atoms with E-state index in [0.29, 0.717) is 35.9 Å². The second kappa shape index (κ2) is 8.20. The van der Waals surface area contributed by atoms with Crippen molar-refractivity contribution >= 4 is 16.9 Å². The summed E-state index contributed by atoms with van der Waals surface area (Å²) in [6.07, 6.45) is 1.55. The standard InChI is InChI=1S/C23H23FN2O5/c1-12-13(2)21-17(22(28)26(11-25-21)19-5-6-31-10-20(19)27)9-15(12)7-14-3-4-16(23(29)30)18(24)8-14/h3-4,8-9,11,19-20,27H,5-7,10H2,1-2H3,(H,29,30)/t19-,20-/m0/s1. The van der Waals surface area contributed by atoms with Crippen LogP contribution >= 0.6 is 0 Å². The van der Waals surface area contributed by atoms with E-state index in [0.717, 1.165) is 16.7 Å². The first kappa shape index (κ1) is 21.1. The summed E-state index contributed by atoms with van der Waals surface area (Å²) in [7, 11) is 0. The highest BCUT2D eigenvalue weighted by Gasteiger charge is 2.27. The van der Waals surface area contributed by atoms with Crippen LogP contribution in [0.3, 0.4) is 0 Å². The largest absolute Gasteiger partial charge is 0.478 e. The maximum absolute atomic E-state index is 14.1. The Labute approximate surface area is 177 Å². The van der Waals surface area contributed by atoms with Crippen LogP contribution in [-0.4, -0.2) is 45.1 Å². The first-order chi connectivity index (χ1) is 14.8. The molecule has 8 heteroatoms. The van der Waals surface area contributed by atoms with Gasteiger partial charge >= 0.3 is 5.97 Å². The summed E-state index contributed by atoms with van der Waals surface area (Å²) < 4.78 is 20.8. The Morgan fingerprint density at radius 3 is 2.74 bits per heavy atom. The van der Waals surface area contributed by atoms with Crippen LogP contribution in [-0.2, 0) is 11.2 Å². The van der Waals surface area contributed by atoms with Crippen molar-refractivity contribution in [2.75, 3.05) is 13.2 Å². The molecule has 31 heavy (non-hydrogen) atoms. The first-order valence-corrected chi connectivity index (χ1v) is 10.1. The zero-order valence-electron chi connectivity index (χ0n) is 17.3. The second-order valence-electron chi connectivity index (χ2n) is 7.93. The zero-order chi connectivity index (χ0) is 22.3. The van der Waals surface area contributed by atoms with Gasteiger partial charge in [0.25, 0.3) is 5.56 Å². The van der Waals surface area contributed by atoms with E-state index in [1.54, 1.807) is 12.1 Å². The number of halogens is 1. The summed E-state index contributed by atoms with van der Waals surface area (Å²) in [5.74, 6) is -2.11. The lowest BCUT2D eigenvalue weighted by Gasteiger charge is -2.29. The normalized spacial score (nSPS) is 19.0. The van der Waals surface area contributed by atoms with Crippen LogP contribution in [0.4, 0.5) is 4.39 Å². The maximum atomic E-state index is 14.1. The minimum atomic E-state index is -1.32. The molecule has 4 rings (SSSR count). The van der Waals surface area contributed by atoms with E-state index >= 15 is 0 Å². The van der Waals surface area contributed by atoms with Crippen molar-refractivity contribution in [3.8, 4) is 0 Å². The number of benzene rings is 2. The SMILES string of the molecule is Cc1c(Cc2ccc(C(=O)O)c(F)c2)cc2c(=O)n([C@H]3CCOC[C@@H]3O)cnc2c1C. The van der Waals surface area contributed by atoms with E-state index < -0.39 is 23.9 Å². The van der Waals surface area contributed by atoms with Crippen molar-refractivity contribution in [1.29, 1.82) is 0 Å². The number of fused-ring (bicyclic) bond motifs is 1. The summed E-state index contributed by atoms with van der Waals surface area (Å²) in [6, 6.07) is 5.39. The van der Waals surface area contributed by atoms with Gasteiger partial charge in [-0.1, -0.05) is 6.07 Å². The third-order valence-corrected chi connectivity index (χ3v) is 6.06. The molecule has 1 saturated heterocycles. The topological polar surface area (TPSA) is 102 Å². The number of aliphatic hydroxyl groups is 1. The molecule has 2 heterocycles. The van der Waals surface area contributed by atoms with Crippen molar-refractivity contribution in [3.05, 3.63) is 74.6 Å². The van der Waals surface area contributed by atoms with Gasteiger partial charge in [-0.2, -0.15) is 0 Å². The highest BCUT2D eigenvalue weighted by Crippen LogP contribution is 2.26. The second-order valence-corrected chi connectivity index (χ2v) is 7.93. The molecule has 2 atom stereocenters. The van der Waals surface area contributed by atoms with Gasteiger partial charge in [0.05, 0.1) is 41.5 Å². The number of carboxylic acids is 1. The molecule has 0 unspecified atom stereocenters. The van der Waals surface area contributed by atoms with Gasteiger partial charge in [0.15, 0.2) is 0 Å². The predicted octanol–water partition coefficient (Wildman–Crippen LogP) is 2.76. The smallest absolute Gasteiger partial charge is 0.338 e. The summed E-state index contributed by atoms with van der Waals surface area (Å²) >= 11 is 0. The van der Waals surface area contributed by atoms with Crippen LogP contribution in [0, 0.1) is 19.7 Å². The van der Waals surface area contributed by atoms with E-state index in [1.165, 1.54) is 23.0 Å². The van der Waals surface area contributed by atoms with Crippen molar-refractivity contribution in [3.63, 3.8) is 0 Å². The number of carboxylic acid groups (broad SMARTS) is 1. The molecule has 1 aliphatic rings. The Balaban J connectivity index is 1.78. The van der Waals surface area contributed by atoms with Crippen molar-refractivity contribution < 1.29 is 24.1 Å². The number of aromatic carboxylic acids is 1. The molecule has 1 aliphatic heterocycles. The van der Waals surface area contributed by atoms with Gasteiger partial charge in [0, 0.05) is 6.61 Å². The Bertz CT molecular complexity index is 1240.